The molecular formula is C13H21Cl2N3S. The monoisotopic (exact) mass is 321 g/mol. The Kier molecular flexibility index (Phi) is 7.44. The van der Waals surface area contributed by atoms with E-state index in [4.69, 9.17) is 23.2 Å². The minimum Gasteiger partial charge on any atom is -0.302 e. The van der Waals surface area contributed by atoms with Gasteiger partial charge in [-0.25, -0.2) is 9.97 Å². The molecule has 0 aliphatic rings. The molecule has 0 radical (unpaired) electrons. The molecule has 0 aromatic carbocycles. The average molecular weight is 322 g/mol. The Bertz CT molecular complexity index is 392. The molecule has 0 aliphatic carbocycles. The predicted octanol–water partition coefficient (Wildman–Crippen LogP) is 3.71. The van der Waals surface area contributed by atoms with E-state index in [-0.39, 0.29) is 5.28 Å². The average Bonchev–Trinajstić information content (AvgIpc) is 2.34. The lowest BCUT2D eigenvalue weighted by atomic mass is 10.1. The van der Waals surface area contributed by atoms with Crippen LogP contribution in [0.5, 0.6) is 0 Å². The molecule has 0 bridgehead atoms. The van der Waals surface area contributed by atoms with Crippen LogP contribution in [-0.2, 0) is 6.42 Å². The Morgan fingerprint density at radius 2 is 2.00 bits per heavy atom. The molecule has 0 N–H and O–H groups in total. The fraction of sp³-hybridized carbons (Fsp3) is 0.692. The standard InChI is InChI=1S/C13H21Cl2N3S/c1-5-10(8-19-4)18(3)7-6-11-9(2)16-13(15)17-12(11)14/h10H,5-8H2,1-4H3. The van der Waals surface area contributed by atoms with Gasteiger partial charge in [-0.15, -0.1) is 0 Å². The summed E-state index contributed by atoms with van der Waals surface area (Å²) in [4.78, 5) is 10.5. The third-order valence-corrected chi connectivity index (χ3v) is 4.50. The van der Waals surface area contributed by atoms with Gasteiger partial charge in [0.15, 0.2) is 0 Å². The van der Waals surface area contributed by atoms with Gasteiger partial charge in [-0.2, -0.15) is 11.8 Å². The maximum atomic E-state index is 6.13. The molecular weight excluding hydrogens is 301 g/mol. The van der Waals surface area contributed by atoms with E-state index in [9.17, 15) is 0 Å². The molecule has 19 heavy (non-hydrogen) atoms. The Hall–Kier alpha value is -0.0300. The van der Waals surface area contributed by atoms with E-state index in [0.29, 0.717) is 11.2 Å². The zero-order chi connectivity index (χ0) is 14.4. The third-order valence-electron chi connectivity index (χ3n) is 3.30. The number of thioether (sulfide) groups is 1. The maximum absolute atomic E-state index is 6.13. The second-order valence-corrected chi connectivity index (χ2v) is 6.20. The number of likely N-dealkylation sites (N-methyl/N-ethyl adjacent to an activating group) is 1. The largest absolute Gasteiger partial charge is 0.302 e. The first-order chi connectivity index (χ1) is 8.99. The molecule has 0 saturated heterocycles. The minimum absolute atomic E-state index is 0.216. The number of aryl methyl sites for hydroxylation is 1. The van der Waals surface area contributed by atoms with Crippen LogP contribution in [0.25, 0.3) is 0 Å². The van der Waals surface area contributed by atoms with Crippen LogP contribution in [0.3, 0.4) is 0 Å². The first kappa shape index (κ1) is 17.0. The zero-order valence-electron chi connectivity index (χ0n) is 11.9. The molecule has 1 rings (SSSR count). The lowest BCUT2D eigenvalue weighted by molar-refractivity contribution is 0.259. The predicted molar refractivity (Wildman–Crippen MR) is 85.6 cm³/mol. The molecule has 0 aliphatic heterocycles. The number of hydrogen-bond donors (Lipinski definition) is 0. The summed E-state index contributed by atoms with van der Waals surface area (Å²) in [5, 5.41) is 0.692. The third kappa shape index (κ3) is 5.10. The Morgan fingerprint density at radius 3 is 2.53 bits per heavy atom. The second kappa shape index (κ2) is 8.30. The molecule has 1 aromatic heterocycles. The van der Waals surface area contributed by atoms with E-state index in [0.717, 1.165) is 36.4 Å². The van der Waals surface area contributed by atoms with Crippen molar-refractivity contribution in [1.29, 1.82) is 0 Å². The van der Waals surface area contributed by atoms with Gasteiger partial charge < -0.3 is 4.90 Å². The maximum Gasteiger partial charge on any atom is 0.224 e. The van der Waals surface area contributed by atoms with Crippen LogP contribution < -0.4 is 0 Å². The van der Waals surface area contributed by atoms with Gasteiger partial charge >= 0.3 is 0 Å². The van der Waals surface area contributed by atoms with Gasteiger partial charge in [-0.1, -0.05) is 18.5 Å². The highest BCUT2D eigenvalue weighted by molar-refractivity contribution is 7.98. The summed E-state index contributed by atoms with van der Waals surface area (Å²) >= 11 is 13.8. The minimum atomic E-state index is 0.216. The van der Waals surface area contributed by atoms with Gasteiger partial charge in [0.2, 0.25) is 5.28 Å². The SMILES string of the molecule is CCC(CSC)N(C)CCc1c(C)nc(Cl)nc1Cl. The van der Waals surface area contributed by atoms with Crippen LogP contribution in [0.1, 0.15) is 24.6 Å². The molecule has 0 amide bonds. The Balaban J connectivity index is 2.66. The second-order valence-electron chi connectivity index (χ2n) is 4.60. The first-order valence-corrected chi connectivity index (χ1v) is 8.52. The fourth-order valence-electron chi connectivity index (χ4n) is 2.03. The highest BCUT2D eigenvalue weighted by Crippen LogP contribution is 2.19. The highest BCUT2D eigenvalue weighted by atomic mass is 35.5. The van der Waals surface area contributed by atoms with Crippen molar-refractivity contribution in [3.8, 4) is 0 Å². The number of halogens is 2. The number of hydrogen-bond acceptors (Lipinski definition) is 4. The molecule has 1 atom stereocenters. The molecule has 0 spiro atoms. The summed E-state index contributed by atoms with van der Waals surface area (Å²) in [6.07, 6.45) is 4.15. The fourth-order valence-corrected chi connectivity index (χ4v) is 3.47. The van der Waals surface area contributed by atoms with E-state index in [2.05, 4.69) is 35.1 Å². The molecule has 6 heteroatoms. The summed E-state index contributed by atoms with van der Waals surface area (Å²) in [6, 6.07) is 0.599. The number of aromatic nitrogens is 2. The Labute approximate surface area is 130 Å². The van der Waals surface area contributed by atoms with E-state index in [1.54, 1.807) is 0 Å². The van der Waals surface area contributed by atoms with Crippen LogP contribution >= 0.6 is 35.0 Å². The summed E-state index contributed by atoms with van der Waals surface area (Å²) in [5.74, 6) is 1.15. The smallest absolute Gasteiger partial charge is 0.224 e. The van der Waals surface area contributed by atoms with Crippen LogP contribution in [0, 0.1) is 6.92 Å². The Morgan fingerprint density at radius 1 is 1.32 bits per heavy atom. The van der Waals surface area contributed by atoms with Crippen LogP contribution in [0.2, 0.25) is 10.4 Å². The van der Waals surface area contributed by atoms with Crippen molar-refractivity contribution in [1.82, 2.24) is 14.9 Å². The highest BCUT2D eigenvalue weighted by Gasteiger charge is 2.14. The van der Waals surface area contributed by atoms with Gasteiger partial charge in [0.25, 0.3) is 0 Å². The summed E-state index contributed by atoms with van der Waals surface area (Å²) in [7, 11) is 2.16. The molecule has 0 saturated carbocycles. The van der Waals surface area contributed by atoms with Crippen molar-refractivity contribution in [3.05, 3.63) is 21.7 Å². The number of nitrogens with zero attached hydrogens (tertiary/aromatic N) is 3. The summed E-state index contributed by atoms with van der Waals surface area (Å²) in [6.45, 7) is 5.10. The van der Waals surface area contributed by atoms with Crippen molar-refractivity contribution in [2.75, 3.05) is 25.6 Å². The van der Waals surface area contributed by atoms with Gasteiger partial charge in [-0.05, 0) is 44.7 Å². The normalized spacial score (nSPS) is 13.0. The summed E-state index contributed by atoms with van der Waals surface area (Å²) < 4.78 is 0. The van der Waals surface area contributed by atoms with Gasteiger partial charge in [-0.3, -0.25) is 0 Å². The van der Waals surface area contributed by atoms with Crippen molar-refractivity contribution in [3.63, 3.8) is 0 Å². The van der Waals surface area contributed by atoms with E-state index < -0.39 is 0 Å². The lowest BCUT2D eigenvalue weighted by Crippen LogP contribution is -2.34. The van der Waals surface area contributed by atoms with E-state index in [1.807, 2.05) is 18.7 Å². The molecule has 108 valence electrons. The lowest BCUT2D eigenvalue weighted by Gasteiger charge is -2.26. The molecule has 1 aromatic rings. The molecule has 0 fully saturated rings. The van der Waals surface area contributed by atoms with Crippen molar-refractivity contribution >= 4 is 35.0 Å². The quantitative estimate of drug-likeness (QED) is 0.565. The van der Waals surface area contributed by atoms with E-state index >= 15 is 0 Å². The zero-order valence-corrected chi connectivity index (χ0v) is 14.2. The van der Waals surface area contributed by atoms with Crippen molar-refractivity contribution in [2.45, 2.75) is 32.7 Å². The topological polar surface area (TPSA) is 29.0 Å². The molecule has 1 unspecified atom stereocenters. The first-order valence-electron chi connectivity index (χ1n) is 6.37. The molecule has 3 nitrogen and oxygen atoms in total. The van der Waals surface area contributed by atoms with Gasteiger partial charge in [0.1, 0.15) is 5.15 Å². The van der Waals surface area contributed by atoms with Gasteiger partial charge in [0, 0.05) is 29.6 Å². The van der Waals surface area contributed by atoms with Gasteiger partial charge in [0.05, 0.1) is 0 Å². The van der Waals surface area contributed by atoms with Crippen molar-refractivity contribution in [2.24, 2.45) is 0 Å². The van der Waals surface area contributed by atoms with E-state index in [1.165, 1.54) is 0 Å². The molecule has 1 heterocycles. The number of rotatable bonds is 7. The van der Waals surface area contributed by atoms with Crippen LogP contribution in [0.15, 0.2) is 0 Å². The van der Waals surface area contributed by atoms with Crippen molar-refractivity contribution < 1.29 is 0 Å². The van der Waals surface area contributed by atoms with Crippen LogP contribution in [0.4, 0.5) is 0 Å². The van der Waals surface area contributed by atoms with Crippen LogP contribution in [-0.4, -0.2) is 46.5 Å². The summed E-state index contributed by atoms with van der Waals surface area (Å²) in [5.41, 5.74) is 1.87.